The fraction of sp³-hybridized carbons (Fsp3) is 0.174. The molecule has 0 unspecified atom stereocenters. The Morgan fingerprint density at radius 3 is 2.66 bits per heavy atom. The standard InChI is InChI=1S/C23H20F2N6O/c1-14-4-5-17(29-22(32)20-9-16(11-28-30-20)23(2,24)25)10-18(14)15-6-7-27-19(8-15)21-12-26-13-31(21)3/h4-13H,1-3H3,(H,29,32). The zero-order chi connectivity index (χ0) is 22.9. The summed E-state index contributed by atoms with van der Waals surface area (Å²) in [6, 6.07) is 10.3. The first-order chi connectivity index (χ1) is 15.2. The number of aryl methyl sites for hydroxylation is 2. The van der Waals surface area contributed by atoms with E-state index in [1.807, 2.05) is 42.8 Å². The molecule has 1 amide bonds. The summed E-state index contributed by atoms with van der Waals surface area (Å²) in [5.74, 6) is -3.74. The number of carbonyl (C=O) groups is 1. The van der Waals surface area contributed by atoms with Crippen LogP contribution in [0.25, 0.3) is 22.5 Å². The lowest BCUT2D eigenvalue weighted by Gasteiger charge is -2.12. The topological polar surface area (TPSA) is 85.6 Å². The van der Waals surface area contributed by atoms with Crippen LogP contribution < -0.4 is 5.32 Å². The second-order valence-corrected chi connectivity index (χ2v) is 7.52. The molecule has 0 bridgehead atoms. The fourth-order valence-corrected chi connectivity index (χ4v) is 3.27. The zero-order valence-electron chi connectivity index (χ0n) is 17.7. The highest BCUT2D eigenvalue weighted by Gasteiger charge is 2.26. The molecule has 0 spiro atoms. The number of halogens is 2. The van der Waals surface area contributed by atoms with Gasteiger partial charge in [-0.1, -0.05) is 6.07 Å². The summed E-state index contributed by atoms with van der Waals surface area (Å²) in [4.78, 5) is 21.2. The zero-order valence-corrected chi connectivity index (χ0v) is 17.7. The lowest BCUT2D eigenvalue weighted by Crippen LogP contribution is -2.17. The number of nitrogens with zero attached hydrogens (tertiary/aromatic N) is 5. The average Bonchev–Trinajstić information content (AvgIpc) is 3.20. The van der Waals surface area contributed by atoms with E-state index in [0.717, 1.165) is 47.3 Å². The van der Waals surface area contributed by atoms with Gasteiger partial charge in [0.15, 0.2) is 5.69 Å². The number of hydrogen-bond donors (Lipinski definition) is 1. The lowest BCUT2D eigenvalue weighted by molar-refractivity contribution is 0.0169. The lowest BCUT2D eigenvalue weighted by atomic mass is 9.99. The van der Waals surface area contributed by atoms with Gasteiger partial charge in [0.25, 0.3) is 11.8 Å². The van der Waals surface area contributed by atoms with E-state index in [2.05, 4.69) is 25.5 Å². The Hall–Kier alpha value is -4.01. The molecular formula is C23H20F2N6O. The predicted molar refractivity (Wildman–Crippen MR) is 116 cm³/mol. The minimum Gasteiger partial charge on any atom is -0.332 e. The number of rotatable bonds is 5. The minimum atomic E-state index is -3.12. The number of alkyl halides is 2. The minimum absolute atomic E-state index is 0.187. The van der Waals surface area contributed by atoms with Gasteiger partial charge in [-0.2, -0.15) is 5.10 Å². The molecule has 0 aliphatic carbocycles. The third-order valence-electron chi connectivity index (χ3n) is 5.04. The highest BCUT2D eigenvalue weighted by atomic mass is 19.3. The van der Waals surface area contributed by atoms with Crippen molar-refractivity contribution in [2.24, 2.45) is 7.05 Å². The number of anilines is 1. The Kier molecular flexibility index (Phi) is 5.48. The first kappa shape index (κ1) is 21.2. The van der Waals surface area contributed by atoms with Gasteiger partial charge in [-0.25, -0.2) is 13.8 Å². The Morgan fingerprint density at radius 2 is 1.94 bits per heavy atom. The highest BCUT2D eigenvalue weighted by Crippen LogP contribution is 2.30. The molecule has 1 N–H and O–H groups in total. The maximum atomic E-state index is 13.6. The number of benzene rings is 1. The normalized spacial score (nSPS) is 11.4. The molecule has 1 aromatic carbocycles. The number of carbonyl (C=O) groups excluding carboxylic acids is 1. The number of amides is 1. The number of imidazole rings is 1. The second kappa shape index (κ2) is 8.26. The van der Waals surface area contributed by atoms with Crippen LogP contribution in [-0.2, 0) is 13.0 Å². The molecule has 0 aliphatic rings. The van der Waals surface area contributed by atoms with Crippen molar-refractivity contribution in [3.05, 3.63) is 78.1 Å². The van der Waals surface area contributed by atoms with Gasteiger partial charge in [-0.05, 0) is 53.9 Å². The van der Waals surface area contributed by atoms with Crippen molar-refractivity contribution in [1.29, 1.82) is 0 Å². The summed E-state index contributed by atoms with van der Waals surface area (Å²) in [5.41, 5.74) is 4.40. The van der Waals surface area contributed by atoms with E-state index in [1.165, 1.54) is 0 Å². The van der Waals surface area contributed by atoms with E-state index in [0.29, 0.717) is 5.69 Å². The van der Waals surface area contributed by atoms with Gasteiger partial charge in [-0.15, -0.1) is 5.10 Å². The molecule has 0 radical (unpaired) electrons. The van der Waals surface area contributed by atoms with Crippen LogP contribution in [0.5, 0.6) is 0 Å². The molecule has 0 saturated carbocycles. The monoisotopic (exact) mass is 434 g/mol. The molecule has 0 atom stereocenters. The van der Waals surface area contributed by atoms with Crippen LogP contribution in [0.4, 0.5) is 14.5 Å². The molecule has 9 heteroatoms. The van der Waals surface area contributed by atoms with Crippen LogP contribution in [0.3, 0.4) is 0 Å². The summed E-state index contributed by atoms with van der Waals surface area (Å²) in [7, 11) is 1.89. The van der Waals surface area contributed by atoms with Crippen LogP contribution in [0.15, 0.2) is 61.3 Å². The van der Waals surface area contributed by atoms with Gasteiger partial charge in [0.1, 0.15) is 0 Å². The molecule has 4 rings (SSSR count). The molecule has 162 valence electrons. The maximum Gasteiger partial charge on any atom is 0.276 e. The molecule has 0 saturated heterocycles. The van der Waals surface area contributed by atoms with Crippen LogP contribution in [0.1, 0.15) is 28.5 Å². The summed E-state index contributed by atoms with van der Waals surface area (Å²) < 4.78 is 29.0. The molecular weight excluding hydrogens is 414 g/mol. The van der Waals surface area contributed by atoms with E-state index in [4.69, 9.17) is 0 Å². The van der Waals surface area contributed by atoms with Gasteiger partial charge in [-0.3, -0.25) is 9.78 Å². The van der Waals surface area contributed by atoms with Gasteiger partial charge in [0, 0.05) is 31.4 Å². The third kappa shape index (κ3) is 4.36. The fourth-order valence-electron chi connectivity index (χ4n) is 3.27. The van der Waals surface area contributed by atoms with Crippen molar-refractivity contribution in [3.63, 3.8) is 0 Å². The third-order valence-corrected chi connectivity index (χ3v) is 5.04. The van der Waals surface area contributed by atoms with E-state index in [-0.39, 0.29) is 11.3 Å². The quantitative estimate of drug-likeness (QED) is 0.496. The maximum absolute atomic E-state index is 13.6. The number of pyridine rings is 1. The molecule has 3 heterocycles. The second-order valence-electron chi connectivity index (χ2n) is 7.52. The first-order valence-corrected chi connectivity index (χ1v) is 9.78. The number of aromatic nitrogens is 5. The average molecular weight is 434 g/mol. The van der Waals surface area contributed by atoms with Crippen LogP contribution >= 0.6 is 0 Å². The van der Waals surface area contributed by atoms with Crippen molar-refractivity contribution in [2.45, 2.75) is 19.8 Å². The van der Waals surface area contributed by atoms with Gasteiger partial charge < -0.3 is 9.88 Å². The van der Waals surface area contributed by atoms with Crippen LogP contribution in [0.2, 0.25) is 0 Å². The largest absolute Gasteiger partial charge is 0.332 e. The van der Waals surface area contributed by atoms with Crippen molar-refractivity contribution < 1.29 is 13.6 Å². The Balaban J connectivity index is 1.63. The number of hydrogen-bond acceptors (Lipinski definition) is 5. The molecule has 0 aliphatic heterocycles. The smallest absolute Gasteiger partial charge is 0.276 e. The van der Waals surface area contributed by atoms with Gasteiger partial charge >= 0.3 is 0 Å². The molecule has 7 nitrogen and oxygen atoms in total. The van der Waals surface area contributed by atoms with Crippen LogP contribution in [0, 0.1) is 6.92 Å². The van der Waals surface area contributed by atoms with Crippen molar-refractivity contribution >= 4 is 11.6 Å². The summed E-state index contributed by atoms with van der Waals surface area (Å²) in [6.45, 7) is 2.70. The summed E-state index contributed by atoms with van der Waals surface area (Å²) in [5, 5.41) is 9.92. The van der Waals surface area contributed by atoms with Gasteiger partial charge in [0.2, 0.25) is 0 Å². The highest BCUT2D eigenvalue weighted by molar-refractivity contribution is 6.03. The van der Waals surface area contributed by atoms with E-state index >= 15 is 0 Å². The Morgan fingerprint density at radius 1 is 1.12 bits per heavy atom. The van der Waals surface area contributed by atoms with E-state index in [1.54, 1.807) is 24.8 Å². The number of nitrogens with one attached hydrogen (secondary N) is 1. The summed E-state index contributed by atoms with van der Waals surface area (Å²) in [6.07, 6.45) is 6.11. The van der Waals surface area contributed by atoms with Crippen molar-refractivity contribution in [2.75, 3.05) is 5.32 Å². The Bertz CT molecular complexity index is 1300. The van der Waals surface area contributed by atoms with Crippen molar-refractivity contribution in [1.82, 2.24) is 24.7 Å². The molecule has 32 heavy (non-hydrogen) atoms. The predicted octanol–water partition coefficient (Wildman–Crippen LogP) is 4.61. The Labute approximate surface area is 183 Å². The summed E-state index contributed by atoms with van der Waals surface area (Å²) >= 11 is 0. The SMILES string of the molecule is Cc1ccc(NC(=O)c2cc(C(C)(F)F)cnn2)cc1-c1ccnc(-c2cncn2C)c1. The molecule has 3 aromatic heterocycles. The molecule has 4 aromatic rings. The van der Waals surface area contributed by atoms with E-state index < -0.39 is 11.8 Å². The van der Waals surface area contributed by atoms with Gasteiger partial charge in [0.05, 0.1) is 30.1 Å². The first-order valence-electron chi connectivity index (χ1n) is 9.78. The molecule has 0 fully saturated rings. The van der Waals surface area contributed by atoms with Crippen molar-refractivity contribution in [3.8, 4) is 22.5 Å². The van der Waals surface area contributed by atoms with E-state index in [9.17, 15) is 13.6 Å². The van der Waals surface area contributed by atoms with Crippen LogP contribution in [-0.4, -0.2) is 30.6 Å².